The number of rotatable bonds is 24. The number of hydrogen-bond acceptors (Lipinski definition) is 13. The molecule has 1 saturated heterocycles. The second-order valence-electron chi connectivity index (χ2n) is 13.0. The van der Waals surface area contributed by atoms with Crippen molar-refractivity contribution in [3.63, 3.8) is 0 Å². The molecule has 3 amide bonds. The van der Waals surface area contributed by atoms with E-state index in [4.69, 9.17) is 31.4 Å². The molecule has 16 heteroatoms. The molecule has 1 aliphatic heterocycles. The fraction of sp³-hybridized carbons (Fsp3) is 0.848. The smallest absolute Gasteiger partial charge is 0.305 e. The van der Waals surface area contributed by atoms with Gasteiger partial charge in [-0.05, 0) is 38.6 Å². The number of ether oxygens (including phenoxy) is 4. The molecule has 16 nitrogen and oxygen atoms in total. The zero-order valence-electron chi connectivity index (χ0n) is 29.8. The number of hydrogen-bond donors (Lipinski definition) is 6. The van der Waals surface area contributed by atoms with Crippen LogP contribution in [-0.2, 0) is 42.9 Å². The number of amides is 3. The highest BCUT2D eigenvalue weighted by Gasteiger charge is 2.47. The average molecular weight is 704 g/mol. The van der Waals surface area contributed by atoms with Gasteiger partial charge in [-0.3, -0.25) is 24.0 Å². The second kappa shape index (κ2) is 23.5. The minimum absolute atomic E-state index is 0.138. The maximum absolute atomic E-state index is 13.5. The zero-order valence-corrected chi connectivity index (χ0v) is 29.8. The van der Waals surface area contributed by atoms with Crippen molar-refractivity contribution in [2.24, 2.45) is 23.1 Å². The van der Waals surface area contributed by atoms with Gasteiger partial charge in [0, 0.05) is 26.3 Å². The summed E-state index contributed by atoms with van der Waals surface area (Å²) in [6, 6.07) is -3.50. The summed E-state index contributed by atoms with van der Waals surface area (Å²) in [4.78, 5) is 63.4. The maximum Gasteiger partial charge on any atom is 0.305 e. The van der Waals surface area contributed by atoms with Gasteiger partial charge in [-0.2, -0.15) is 0 Å². The monoisotopic (exact) mass is 703 g/mol. The van der Waals surface area contributed by atoms with Crippen LogP contribution in [0.25, 0.3) is 0 Å². The van der Waals surface area contributed by atoms with E-state index in [1.54, 1.807) is 20.8 Å². The minimum atomic E-state index is -1.65. The Kier molecular flexibility index (Phi) is 21.2. The summed E-state index contributed by atoms with van der Waals surface area (Å²) in [5.41, 5.74) is 17.3. The summed E-state index contributed by atoms with van der Waals surface area (Å²) in [5, 5.41) is 24.6. The summed E-state index contributed by atoms with van der Waals surface area (Å²) in [7, 11) is 1.19. The molecule has 1 unspecified atom stereocenters. The first kappa shape index (κ1) is 44.1. The van der Waals surface area contributed by atoms with Crippen LogP contribution in [0.2, 0.25) is 0 Å². The van der Waals surface area contributed by atoms with Gasteiger partial charge in [0.2, 0.25) is 17.7 Å². The molecule has 8 atom stereocenters. The van der Waals surface area contributed by atoms with Gasteiger partial charge in [-0.15, -0.1) is 0 Å². The van der Waals surface area contributed by atoms with E-state index in [0.29, 0.717) is 13.0 Å². The van der Waals surface area contributed by atoms with Crippen LogP contribution >= 0.6 is 0 Å². The van der Waals surface area contributed by atoms with Gasteiger partial charge in [-0.25, -0.2) is 0 Å². The third kappa shape index (κ3) is 16.1. The molecule has 49 heavy (non-hydrogen) atoms. The molecule has 0 aromatic rings. The van der Waals surface area contributed by atoms with Crippen LogP contribution in [-0.4, -0.2) is 120 Å². The molecule has 284 valence electrons. The van der Waals surface area contributed by atoms with Crippen molar-refractivity contribution >= 4 is 29.7 Å². The number of nitrogens with zero attached hydrogens (tertiary/aromatic N) is 1. The molecular formula is C33H61N5O11. The SMILES string of the molecule is COC(=O)CC[C@H](C(N)=O)N(CC(C)O[C@H]1[C@H](O)[C@@H](COC(=O)CCCCCCCCCCN)O[C@H](O)[C@@H]1NC(C)=O)C(=O)[C@@H](N)C(C)C. The minimum Gasteiger partial charge on any atom is -0.469 e. The summed E-state index contributed by atoms with van der Waals surface area (Å²) in [6.07, 6.45) is 1.31. The van der Waals surface area contributed by atoms with Crippen LogP contribution in [0.1, 0.15) is 98.3 Å². The molecule has 1 heterocycles. The van der Waals surface area contributed by atoms with Gasteiger partial charge in [0.05, 0.1) is 19.3 Å². The van der Waals surface area contributed by atoms with Crippen molar-refractivity contribution in [1.29, 1.82) is 0 Å². The Balaban J connectivity index is 2.98. The summed E-state index contributed by atoms with van der Waals surface area (Å²) < 4.78 is 21.7. The first-order chi connectivity index (χ1) is 23.1. The Morgan fingerprint density at radius 3 is 2.04 bits per heavy atom. The number of carbonyl (C=O) groups is 5. The molecule has 0 bridgehead atoms. The molecule has 0 spiro atoms. The summed E-state index contributed by atoms with van der Waals surface area (Å²) in [5.74, 6) is -3.43. The Bertz CT molecular complexity index is 1030. The maximum atomic E-state index is 13.5. The fourth-order valence-electron chi connectivity index (χ4n) is 5.59. The fourth-order valence-corrected chi connectivity index (χ4v) is 5.59. The van der Waals surface area contributed by atoms with E-state index in [0.717, 1.165) is 49.8 Å². The number of aliphatic hydroxyl groups is 2. The zero-order chi connectivity index (χ0) is 37.1. The lowest BCUT2D eigenvalue weighted by molar-refractivity contribution is -0.269. The molecule has 0 saturated carbocycles. The molecule has 1 fully saturated rings. The van der Waals surface area contributed by atoms with E-state index in [1.165, 1.54) is 14.0 Å². The van der Waals surface area contributed by atoms with Crippen molar-refractivity contribution in [3.05, 3.63) is 0 Å². The van der Waals surface area contributed by atoms with Crippen LogP contribution in [0.3, 0.4) is 0 Å². The van der Waals surface area contributed by atoms with E-state index in [2.05, 4.69) is 10.1 Å². The van der Waals surface area contributed by atoms with E-state index < -0.39 is 78.5 Å². The van der Waals surface area contributed by atoms with Crippen LogP contribution < -0.4 is 22.5 Å². The van der Waals surface area contributed by atoms with Crippen LogP contribution in [0.15, 0.2) is 0 Å². The van der Waals surface area contributed by atoms with Crippen molar-refractivity contribution in [2.75, 3.05) is 26.8 Å². The molecule has 0 aromatic carbocycles. The predicted molar refractivity (Wildman–Crippen MR) is 179 cm³/mol. The lowest BCUT2D eigenvalue weighted by atomic mass is 9.96. The van der Waals surface area contributed by atoms with Gasteiger partial charge in [0.15, 0.2) is 6.29 Å². The first-order valence-electron chi connectivity index (χ1n) is 17.4. The Labute approximate surface area is 290 Å². The van der Waals surface area contributed by atoms with Crippen LogP contribution in [0.4, 0.5) is 0 Å². The number of carbonyl (C=O) groups excluding carboxylic acids is 5. The molecule has 0 aliphatic carbocycles. The van der Waals surface area contributed by atoms with E-state index in [-0.39, 0.29) is 38.3 Å². The quantitative estimate of drug-likeness (QED) is 0.0571. The lowest BCUT2D eigenvalue weighted by Crippen LogP contribution is -2.66. The standard InChI is InChI=1S/C33H61N5O11/c1-20(2)27(35)32(44)38(23(31(36)43)15-16-25(40)46-5)18-21(3)48-30-28(37-22(4)39)33(45)49-24(29(30)42)19-47-26(41)14-12-10-8-6-7-9-11-13-17-34/h20-21,23-24,27-30,33,42,45H,6-19,34-35H2,1-5H3,(H2,36,43)(H,37,39)/t21?,23-,24-,27+,28-,29-,30-,33+/m1/s1. The molecule has 9 N–H and O–H groups in total. The summed E-state index contributed by atoms with van der Waals surface area (Å²) in [6.45, 7) is 6.29. The van der Waals surface area contributed by atoms with Gasteiger partial charge in [-0.1, -0.05) is 52.4 Å². The molecule has 0 radical (unpaired) electrons. The molecule has 0 aromatic heterocycles. The van der Waals surface area contributed by atoms with E-state index in [1.807, 2.05) is 0 Å². The van der Waals surface area contributed by atoms with Crippen molar-refractivity contribution in [3.8, 4) is 0 Å². The van der Waals surface area contributed by atoms with Crippen molar-refractivity contribution in [2.45, 2.75) is 147 Å². The van der Waals surface area contributed by atoms with Crippen LogP contribution in [0.5, 0.6) is 0 Å². The first-order valence-corrected chi connectivity index (χ1v) is 17.4. The highest BCUT2D eigenvalue weighted by Crippen LogP contribution is 2.25. The third-order valence-corrected chi connectivity index (χ3v) is 8.49. The highest BCUT2D eigenvalue weighted by molar-refractivity contribution is 5.89. The largest absolute Gasteiger partial charge is 0.469 e. The molecule has 1 rings (SSSR count). The number of methoxy groups -OCH3 is 1. The van der Waals surface area contributed by atoms with E-state index in [9.17, 15) is 34.2 Å². The van der Waals surface area contributed by atoms with E-state index >= 15 is 0 Å². The van der Waals surface area contributed by atoms with Crippen molar-refractivity contribution in [1.82, 2.24) is 10.2 Å². The van der Waals surface area contributed by atoms with Crippen LogP contribution in [0, 0.1) is 5.92 Å². The number of nitrogens with one attached hydrogen (secondary N) is 1. The number of esters is 2. The normalized spacial score (nSPS) is 22.5. The number of unbranched alkanes of at least 4 members (excludes halogenated alkanes) is 7. The lowest BCUT2D eigenvalue weighted by Gasteiger charge is -2.44. The topological polar surface area (TPSA) is 256 Å². The summed E-state index contributed by atoms with van der Waals surface area (Å²) >= 11 is 0. The van der Waals surface area contributed by atoms with Gasteiger partial charge in [0.1, 0.15) is 37.0 Å². The number of primary amides is 1. The Hall–Kier alpha value is -2.89. The molecular weight excluding hydrogens is 642 g/mol. The van der Waals surface area contributed by atoms with Gasteiger partial charge >= 0.3 is 11.9 Å². The third-order valence-electron chi connectivity index (χ3n) is 8.49. The highest BCUT2D eigenvalue weighted by atomic mass is 16.6. The Morgan fingerprint density at radius 2 is 1.51 bits per heavy atom. The van der Waals surface area contributed by atoms with Gasteiger partial charge in [0.25, 0.3) is 0 Å². The van der Waals surface area contributed by atoms with Crippen molar-refractivity contribution < 1.29 is 53.1 Å². The second-order valence-corrected chi connectivity index (χ2v) is 13.0. The Morgan fingerprint density at radius 1 is 0.918 bits per heavy atom. The average Bonchev–Trinajstić information content (AvgIpc) is 3.04. The van der Waals surface area contributed by atoms with Gasteiger partial charge < -0.3 is 56.6 Å². The molecule has 1 aliphatic rings. The number of aliphatic hydroxyl groups excluding tert-OH is 2. The number of nitrogens with two attached hydrogens (primary N) is 3. The predicted octanol–water partition coefficient (Wildman–Crippen LogP) is -0.0253.